The van der Waals surface area contributed by atoms with Crippen LogP contribution in [-0.4, -0.2) is 60.2 Å². The minimum atomic E-state index is -3.68. The molecule has 4 aliphatic carbocycles. The Bertz CT molecular complexity index is 1210. The second kappa shape index (κ2) is 12.7. The number of nitrogens with one attached hydrogen (secondary N) is 1. The third kappa shape index (κ3) is 5.87. The number of carbonyl (C=O) groups excluding carboxylic acids is 2. The second-order valence-electron chi connectivity index (χ2n) is 13.7. The van der Waals surface area contributed by atoms with Crippen molar-refractivity contribution >= 4 is 34.0 Å². The standard InChI is InChI=1S/C32H47ClN2O6S/c1-31(2)22-17-18-32(31,20-42(39,40)35(23-11-5-3-6-12-23)24-13-7-4-8-14-24)27(19-22)41-30(38)28(34-21-36)29(37)25-15-9-10-16-26(25)33/h9-10,15-16,21-24,27-29,37H,3-8,11-14,17-20H2,1-2H3,(H,34,36)/t22-,27-,28+,29-,32-/m1/s1. The van der Waals surface area contributed by atoms with Crippen LogP contribution < -0.4 is 5.32 Å². The van der Waals surface area contributed by atoms with E-state index in [1.165, 1.54) is 0 Å². The van der Waals surface area contributed by atoms with Crippen LogP contribution in [0.25, 0.3) is 0 Å². The predicted octanol–water partition coefficient (Wildman–Crippen LogP) is 5.52. The summed E-state index contributed by atoms with van der Waals surface area (Å²) >= 11 is 6.28. The van der Waals surface area contributed by atoms with Crippen LogP contribution in [0.4, 0.5) is 0 Å². The molecular formula is C32H47ClN2O6S. The van der Waals surface area contributed by atoms with Crippen LogP contribution in [0, 0.1) is 16.7 Å². The summed E-state index contributed by atoms with van der Waals surface area (Å²) in [5.74, 6) is -0.613. The van der Waals surface area contributed by atoms with Gasteiger partial charge in [0.2, 0.25) is 16.4 Å². The quantitative estimate of drug-likeness (QED) is 0.248. The summed E-state index contributed by atoms with van der Waals surface area (Å²) in [6.45, 7) is 4.25. The number of rotatable bonds is 11. The molecule has 0 heterocycles. The molecule has 5 atom stereocenters. The number of esters is 1. The number of amides is 1. The third-order valence-corrected chi connectivity index (χ3v) is 13.8. The Morgan fingerprint density at radius 1 is 1.07 bits per heavy atom. The van der Waals surface area contributed by atoms with Crippen LogP contribution in [-0.2, 0) is 24.3 Å². The van der Waals surface area contributed by atoms with Crippen LogP contribution in [0.5, 0.6) is 0 Å². The highest BCUT2D eigenvalue weighted by Gasteiger charge is 2.67. The maximum atomic E-state index is 14.6. The van der Waals surface area contributed by atoms with Crippen molar-refractivity contribution in [2.45, 2.75) is 128 Å². The molecule has 4 saturated carbocycles. The maximum Gasteiger partial charge on any atom is 0.332 e. The van der Waals surface area contributed by atoms with Crippen LogP contribution >= 0.6 is 11.6 Å². The van der Waals surface area contributed by atoms with Gasteiger partial charge in [0.25, 0.3) is 0 Å². The van der Waals surface area contributed by atoms with E-state index in [2.05, 4.69) is 19.2 Å². The van der Waals surface area contributed by atoms with Gasteiger partial charge in [0.05, 0.1) is 5.75 Å². The summed E-state index contributed by atoms with van der Waals surface area (Å²) < 4.78 is 37.3. The normalized spacial score (nSPS) is 29.7. The van der Waals surface area contributed by atoms with E-state index < -0.39 is 39.7 Å². The van der Waals surface area contributed by atoms with E-state index in [4.69, 9.17) is 16.3 Å². The van der Waals surface area contributed by atoms with Gasteiger partial charge >= 0.3 is 5.97 Å². The van der Waals surface area contributed by atoms with Gasteiger partial charge in [-0.3, -0.25) is 4.79 Å². The molecule has 0 aromatic heterocycles. The molecule has 10 heteroatoms. The van der Waals surface area contributed by atoms with Gasteiger partial charge in [-0.1, -0.05) is 82.2 Å². The molecule has 1 aromatic carbocycles. The molecule has 1 amide bonds. The molecular weight excluding hydrogens is 576 g/mol. The van der Waals surface area contributed by atoms with Crippen molar-refractivity contribution in [2.24, 2.45) is 16.7 Å². The largest absolute Gasteiger partial charge is 0.460 e. The minimum Gasteiger partial charge on any atom is -0.460 e. The first kappa shape index (κ1) is 31.7. The third-order valence-electron chi connectivity index (χ3n) is 11.3. The fourth-order valence-electron chi connectivity index (χ4n) is 8.80. The van der Waals surface area contributed by atoms with Gasteiger partial charge in [-0.2, -0.15) is 4.31 Å². The van der Waals surface area contributed by atoms with Gasteiger partial charge in [-0.15, -0.1) is 0 Å². The lowest BCUT2D eigenvalue weighted by Crippen LogP contribution is -2.55. The van der Waals surface area contributed by atoms with E-state index in [0.29, 0.717) is 24.8 Å². The molecule has 234 valence electrons. The van der Waals surface area contributed by atoms with E-state index in [1.54, 1.807) is 24.3 Å². The zero-order valence-electron chi connectivity index (χ0n) is 25.0. The molecule has 2 bridgehead atoms. The highest BCUT2D eigenvalue weighted by molar-refractivity contribution is 7.89. The minimum absolute atomic E-state index is 0.0397. The van der Waals surface area contributed by atoms with Crippen molar-refractivity contribution in [1.82, 2.24) is 9.62 Å². The van der Waals surface area contributed by atoms with Crippen LogP contribution in [0.3, 0.4) is 0 Å². The van der Waals surface area contributed by atoms with Crippen molar-refractivity contribution in [3.63, 3.8) is 0 Å². The Labute approximate surface area is 256 Å². The summed E-state index contributed by atoms with van der Waals surface area (Å²) in [5.41, 5.74) is -0.809. The molecule has 0 unspecified atom stereocenters. The van der Waals surface area contributed by atoms with E-state index >= 15 is 0 Å². The molecule has 0 aliphatic heterocycles. The van der Waals surface area contributed by atoms with E-state index in [-0.39, 0.29) is 34.2 Å². The number of hydrogen-bond acceptors (Lipinski definition) is 6. The summed E-state index contributed by atoms with van der Waals surface area (Å²) in [7, 11) is -3.68. The molecule has 5 rings (SSSR count). The van der Waals surface area contributed by atoms with Crippen LogP contribution in [0.1, 0.15) is 109 Å². The van der Waals surface area contributed by atoms with Crippen LogP contribution in [0.15, 0.2) is 24.3 Å². The number of benzene rings is 1. The highest BCUT2D eigenvalue weighted by atomic mass is 35.5. The Hall–Kier alpha value is -1.68. The van der Waals surface area contributed by atoms with E-state index in [0.717, 1.165) is 70.6 Å². The number of hydrogen-bond donors (Lipinski definition) is 2. The van der Waals surface area contributed by atoms with Crippen molar-refractivity contribution in [3.05, 3.63) is 34.9 Å². The Balaban J connectivity index is 1.42. The lowest BCUT2D eigenvalue weighted by Gasteiger charge is -2.46. The van der Waals surface area contributed by atoms with Crippen molar-refractivity contribution < 1.29 is 27.9 Å². The summed E-state index contributed by atoms with van der Waals surface area (Å²) in [6, 6.07) is 5.31. The molecule has 2 N–H and O–H groups in total. The average Bonchev–Trinajstić information content (AvgIpc) is 3.32. The fraction of sp³-hybridized carbons (Fsp3) is 0.750. The van der Waals surface area contributed by atoms with Gasteiger partial charge in [-0.25, -0.2) is 13.2 Å². The Morgan fingerprint density at radius 2 is 1.67 bits per heavy atom. The number of fused-ring (bicyclic) bond motifs is 2. The molecule has 0 saturated heterocycles. The van der Waals surface area contributed by atoms with Crippen molar-refractivity contribution in [1.29, 1.82) is 0 Å². The van der Waals surface area contributed by atoms with Gasteiger partial charge in [0, 0.05) is 28.1 Å². The average molecular weight is 623 g/mol. The first-order valence-electron chi connectivity index (χ1n) is 15.9. The first-order chi connectivity index (χ1) is 20.0. The number of carbonyl (C=O) groups is 2. The smallest absolute Gasteiger partial charge is 0.332 e. The highest BCUT2D eigenvalue weighted by Crippen LogP contribution is 2.67. The lowest BCUT2D eigenvalue weighted by molar-refractivity contribution is -0.163. The Kier molecular flexibility index (Phi) is 9.63. The van der Waals surface area contributed by atoms with E-state index in [1.807, 2.05) is 4.31 Å². The van der Waals surface area contributed by atoms with Gasteiger partial charge in [-0.05, 0) is 62.3 Å². The molecule has 1 aromatic rings. The number of sulfonamides is 1. The Morgan fingerprint density at radius 3 is 2.21 bits per heavy atom. The molecule has 4 fully saturated rings. The van der Waals surface area contributed by atoms with E-state index in [9.17, 15) is 23.1 Å². The maximum absolute atomic E-state index is 14.6. The summed E-state index contributed by atoms with van der Waals surface area (Å²) in [4.78, 5) is 25.1. The molecule has 8 nitrogen and oxygen atoms in total. The van der Waals surface area contributed by atoms with Gasteiger partial charge < -0.3 is 15.2 Å². The van der Waals surface area contributed by atoms with Crippen molar-refractivity contribution in [3.8, 4) is 0 Å². The number of halogens is 1. The summed E-state index contributed by atoms with van der Waals surface area (Å²) in [6.07, 6.45) is 10.6. The topological polar surface area (TPSA) is 113 Å². The fourth-order valence-corrected chi connectivity index (χ4v) is 11.9. The van der Waals surface area contributed by atoms with Crippen molar-refractivity contribution in [2.75, 3.05) is 5.75 Å². The molecule has 4 aliphatic rings. The van der Waals surface area contributed by atoms with Gasteiger partial charge in [0.15, 0.2) is 6.04 Å². The zero-order valence-corrected chi connectivity index (χ0v) is 26.5. The molecule has 0 spiro atoms. The van der Waals surface area contributed by atoms with Gasteiger partial charge in [0.1, 0.15) is 12.2 Å². The summed E-state index contributed by atoms with van der Waals surface area (Å²) in [5, 5.41) is 13.8. The molecule has 42 heavy (non-hydrogen) atoms. The number of ether oxygens (including phenoxy) is 1. The monoisotopic (exact) mass is 622 g/mol. The number of nitrogens with zero attached hydrogens (tertiary/aromatic N) is 1. The number of aliphatic hydroxyl groups is 1. The SMILES string of the molecule is CC1(C)[C@@H]2CC[C@@]1(CS(=O)(=O)N(C1CCCCC1)C1CCCCC1)[C@H](OC(=O)[C@@H](NC=O)[C@H](O)c1ccccc1Cl)C2. The predicted molar refractivity (Wildman–Crippen MR) is 162 cm³/mol. The lowest BCUT2D eigenvalue weighted by atomic mass is 9.69. The zero-order chi connectivity index (χ0) is 30.1. The number of aliphatic hydroxyl groups excluding tert-OH is 1. The second-order valence-corrected chi connectivity index (χ2v) is 16.0. The first-order valence-corrected chi connectivity index (χ1v) is 17.8. The van der Waals surface area contributed by atoms with Crippen LogP contribution in [0.2, 0.25) is 5.02 Å². The molecule has 0 radical (unpaired) electrons.